The van der Waals surface area contributed by atoms with Crippen LogP contribution in [0.2, 0.25) is 0 Å². The van der Waals surface area contributed by atoms with Crippen LogP contribution in [0.5, 0.6) is 0 Å². The summed E-state index contributed by atoms with van der Waals surface area (Å²) in [6.07, 6.45) is 2.07. The smallest absolute Gasteiger partial charge is 0.221 e. The van der Waals surface area contributed by atoms with Gasteiger partial charge in [0.1, 0.15) is 0 Å². The summed E-state index contributed by atoms with van der Waals surface area (Å²) < 4.78 is 26.0. The molecule has 0 aromatic carbocycles. The van der Waals surface area contributed by atoms with Gasteiger partial charge in [0.25, 0.3) is 0 Å². The second-order valence-corrected chi connectivity index (χ2v) is 6.97. The molecule has 2 fully saturated rings. The fourth-order valence-electron chi connectivity index (χ4n) is 2.50. The molecule has 7 heteroatoms. The van der Waals surface area contributed by atoms with Crippen LogP contribution in [0.25, 0.3) is 0 Å². The van der Waals surface area contributed by atoms with Gasteiger partial charge in [0.2, 0.25) is 15.9 Å². The summed E-state index contributed by atoms with van der Waals surface area (Å²) in [5.74, 6) is -0.720. The number of nitrogens with one attached hydrogen (secondary N) is 1. The van der Waals surface area contributed by atoms with Gasteiger partial charge < -0.3 is 11.1 Å². The van der Waals surface area contributed by atoms with Gasteiger partial charge in [-0.2, -0.15) is 0 Å². The topological polar surface area (TPSA) is 92.5 Å². The quantitative estimate of drug-likeness (QED) is 0.673. The molecule has 6 nitrogen and oxygen atoms in total. The fraction of sp³-hybridized carbons (Fsp3) is 0.900. The highest BCUT2D eigenvalue weighted by Crippen LogP contribution is 2.23. The number of nitrogens with two attached hydrogens (primary N) is 1. The van der Waals surface area contributed by atoms with Crippen molar-refractivity contribution in [3.63, 3.8) is 0 Å². The molecule has 2 saturated heterocycles. The summed E-state index contributed by atoms with van der Waals surface area (Å²) in [5, 5.41) is 2.72. The highest BCUT2D eigenvalue weighted by Gasteiger charge is 2.37. The first kappa shape index (κ1) is 12.8. The third kappa shape index (κ3) is 2.61. The van der Waals surface area contributed by atoms with Crippen molar-refractivity contribution in [3.05, 3.63) is 0 Å². The Morgan fingerprint density at radius 2 is 2.12 bits per heavy atom. The van der Waals surface area contributed by atoms with Crippen molar-refractivity contribution in [2.75, 3.05) is 26.2 Å². The molecule has 1 amide bonds. The molecule has 2 aliphatic rings. The summed E-state index contributed by atoms with van der Waals surface area (Å²) in [6.45, 7) is 2.04. The monoisotopic (exact) mass is 261 g/mol. The number of primary amides is 1. The molecule has 0 radical (unpaired) electrons. The van der Waals surface area contributed by atoms with Crippen LogP contribution in [0.15, 0.2) is 0 Å². The van der Waals surface area contributed by atoms with E-state index in [1.54, 1.807) is 0 Å². The van der Waals surface area contributed by atoms with Crippen molar-refractivity contribution in [2.45, 2.75) is 24.5 Å². The number of amides is 1. The highest BCUT2D eigenvalue weighted by atomic mass is 32.2. The first-order valence-corrected chi connectivity index (χ1v) is 7.51. The Kier molecular flexibility index (Phi) is 3.70. The zero-order valence-electron chi connectivity index (χ0n) is 9.76. The van der Waals surface area contributed by atoms with Gasteiger partial charge in [0.05, 0.1) is 11.2 Å². The van der Waals surface area contributed by atoms with Crippen molar-refractivity contribution in [1.29, 1.82) is 0 Å². The Morgan fingerprint density at radius 1 is 1.35 bits per heavy atom. The van der Waals surface area contributed by atoms with E-state index in [1.165, 1.54) is 4.31 Å². The van der Waals surface area contributed by atoms with Gasteiger partial charge in [0.15, 0.2) is 0 Å². The van der Waals surface area contributed by atoms with Crippen molar-refractivity contribution >= 4 is 15.9 Å². The Balaban J connectivity index is 2.08. The van der Waals surface area contributed by atoms with Crippen LogP contribution in [-0.2, 0) is 14.8 Å². The van der Waals surface area contributed by atoms with E-state index in [4.69, 9.17) is 5.73 Å². The molecule has 0 aromatic heterocycles. The molecule has 0 spiro atoms. The van der Waals surface area contributed by atoms with Gasteiger partial charge in [-0.25, -0.2) is 12.7 Å². The number of nitrogens with zero attached hydrogens (tertiary/aromatic N) is 1. The maximum absolute atomic E-state index is 12.3. The van der Waals surface area contributed by atoms with Gasteiger partial charge >= 0.3 is 0 Å². The summed E-state index contributed by atoms with van der Waals surface area (Å²) in [7, 11) is -3.27. The van der Waals surface area contributed by atoms with Crippen LogP contribution < -0.4 is 11.1 Å². The fourth-order valence-corrected chi connectivity index (χ4v) is 4.44. The number of carbonyl (C=O) groups excluding carboxylic acids is 1. The van der Waals surface area contributed by atoms with Crippen molar-refractivity contribution in [2.24, 2.45) is 11.7 Å². The average molecular weight is 261 g/mol. The molecule has 0 bridgehead atoms. The average Bonchev–Trinajstić information content (AvgIpc) is 2.83. The second-order valence-electron chi connectivity index (χ2n) is 4.76. The normalized spacial score (nSPS) is 31.5. The number of hydrogen-bond donors (Lipinski definition) is 2. The number of sulfonamides is 1. The number of rotatable bonds is 3. The summed E-state index contributed by atoms with van der Waals surface area (Å²) in [4.78, 5) is 11.1. The van der Waals surface area contributed by atoms with E-state index >= 15 is 0 Å². The Morgan fingerprint density at radius 3 is 2.71 bits per heavy atom. The van der Waals surface area contributed by atoms with Crippen LogP contribution in [0.4, 0.5) is 0 Å². The largest absolute Gasteiger partial charge is 0.369 e. The van der Waals surface area contributed by atoms with Crippen molar-refractivity contribution in [1.82, 2.24) is 9.62 Å². The predicted octanol–water partition coefficient (Wildman–Crippen LogP) is -1.12. The molecule has 0 aliphatic carbocycles. The summed E-state index contributed by atoms with van der Waals surface area (Å²) in [5.41, 5.74) is 5.25. The SMILES string of the molecule is NC(=O)C1CCCN(S(=O)(=O)C2CCNC2)C1. The first-order valence-electron chi connectivity index (χ1n) is 6.01. The maximum atomic E-state index is 12.3. The lowest BCUT2D eigenvalue weighted by molar-refractivity contribution is -0.122. The zero-order chi connectivity index (χ0) is 12.5. The van der Waals surface area contributed by atoms with Gasteiger partial charge in [-0.15, -0.1) is 0 Å². The Bertz CT molecular complexity index is 390. The van der Waals surface area contributed by atoms with Crippen LogP contribution in [-0.4, -0.2) is 50.1 Å². The molecule has 2 aliphatic heterocycles. The molecule has 2 atom stereocenters. The molecule has 2 unspecified atom stereocenters. The summed E-state index contributed by atoms with van der Waals surface area (Å²) >= 11 is 0. The standard InChI is InChI=1S/C10H19N3O3S/c11-10(14)8-2-1-5-13(7-8)17(15,16)9-3-4-12-6-9/h8-9,12H,1-7H2,(H2,11,14). The molecule has 0 aromatic rings. The summed E-state index contributed by atoms with van der Waals surface area (Å²) in [6, 6.07) is 0. The van der Waals surface area contributed by atoms with E-state index in [0.717, 1.165) is 6.54 Å². The van der Waals surface area contributed by atoms with Crippen LogP contribution in [0.1, 0.15) is 19.3 Å². The Hall–Kier alpha value is -0.660. The molecule has 17 heavy (non-hydrogen) atoms. The predicted molar refractivity (Wildman–Crippen MR) is 63.7 cm³/mol. The maximum Gasteiger partial charge on any atom is 0.221 e. The van der Waals surface area contributed by atoms with E-state index in [0.29, 0.717) is 32.4 Å². The highest BCUT2D eigenvalue weighted by molar-refractivity contribution is 7.89. The van der Waals surface area contributed by atoms with E-state index < -0.39 is 15.9 Å². The molecular weight excluding hydrogens is 242 g/mol. The van der Waals surface area contributed by atoms with Gasteiger partial charge in [0, 0.05) is 19.6 Å². The second kappa shape index (κ2) is 4.91. The van der Waals surface area contributed by atoms with Crippen molar-refractivity contribution < 1.29 is 13.2 Å². The van der Waals surface area contributed by atoms with E-state index in [1.807, 2.05) is 0 Å². The lowest BCUT2D eigenvalue weighted by atomic mass is 9.99. The minimum absolute atomic E-state index is 0.258. The third-order valence-electron chi connectivity index (χ3n) is 3.58. The molecule has 2 rings (SSSR count). The zero-order valence-corrected chi connectivity index (χ0v) is 10.6. The molecule has 3 N–H and O–H groups in total. The first-order chi connectivity index (χ1) is 8.01. The van der Waals surface area contributed by atoms with Gasteiger partial charge in [-0.05, 0) is 25.8 Å². The molecular formula is C10H19N3O3S. The minimum Gasteiger partial charge on any atom is -0.369 e. The van der Waals surface area contributed by atoms with Gasteiger partial charge in [-0.1, -0.05) is 0 Å². The van der Waals surface area contributed by atoms with Crippen LogP contribution in [0, 0.1) is 5.92 Å². The number of carbonyl (C=O) groups is 1. The number of piperidine rings is 1. The molecule has 2 heterocycles. The van der Waals surface area contributed by atoms with Crippen LogP contribution in [0.3, 0.4) is 0 Å². The van der Waals surface area contributed by atoms with Crippen molar-refractivity contribution in [3.8, 4) is 0 Å². The minimum atomic E-state index is -3.27. The third-order valence-corrected chi connectivity index (χ3v) is 5.88. The lowest BCUT2D eigenvalue weighted by Crippen LogP contribution is -2.47. The Labute approximate surface area is 102 Å². The van der Waals surface area contributed by atoms with E-state index in [2.05, 4.69) is 5.32 Å². The van der Waals surface area contributed by atoms with E-state index in [-0.39, 0.29) is 17.7 Å². The van der Waals surface area contributed by atoms with Crippen LogP contribution >= 0.6 is 0 Å². The number of hydrogen-bond acceptors (Lipinski definition) is 4. The van der Waals surface area contributed by atoms with Gasteiger partial charge in [-0.3, -0.25) is 4.79 Å². The van der Waals surface area contributed by atoms with E-state index in [9.17, 15) is 13.2 Å². The lowest BCUT2D eigenvalue weighted by Gasteiger charge is -2.32. The molecule has 98 valence electrons. The molecule has 0 saturated carbocycles.